The monoisotopic (exact) mass is 197 g/mol. The Labute approximate surface area is 81.2 Å². The Morgan fingerprint density at radius 2 is 2.14 bits per heavy atom. The fourth-order valence-corrected chi connectivity index (χ4v) is 1.66. The fraction of sp³-hybridized carbons (Fsp3) is 0.400. The molecule has 1 aromatic rings. The van der Waals surface area contributed by atoms with Gasteiger partial charge in [-0.1, -0.05) is 0 Å². The summed E-state index contributed by atoms with van der Waals surface area (Å²) in [6.45, 7) is 0.580. The molecule has 76 valence electrons. The lowest BCUT2D eigenvalue weighted by atomic mass is 10.0. The number of anilines is 1. The third-order valence-corrected chi connectivity index (χ3v) is 2.45. The van der Waals surface area contributed by atoms with Gasteiger partial charge in [0.05, 0.1) is 6.10 Å². The van der Waals surface area contributed by atoms with E-state index in [1.165, 1.54) is 12.1 Å². The van der Waals surface area contributed by atoms with Gasteiger partial charge in [0.15, 0.2) is 0 Å². The van der Waals surface area contributed by atoms with Crippen LogP contribution in [0, 0.1) is 5.82 Å². The zero-order valence-electron chi connectivity index (χ0n) is 7.57. The van der Waals surface area contributed by atoms with Crippen LogP contribution in [0.25, 0.3) is 0 Å². The van der Waals surface area contributed by atoms with E-state index in [9.17, 15) is 14.6 Å². The number of hydrogen-bond donors (Lipinski definition) is 3. The van der Waals surface area contributed by atoms with Gasteiger partial charge < -0.3 is 15.5 Å². The third-order valence-electron chi connectivity index (χ3n) is 2.45. The largest absolute Gasteiger partial charge is 0.390 e. The van der Waals surface area contributed by atoms with Crippen molar-refractivity contribution in [3.8, 4) is 0 Å². The molecule has 2 rings (SSSR count). The lowest BCUT2D eigenvalue weighted by molar-refractivity contribution is 0.0178. The van der Waals surface area contributed by atoms with Crippen LogP contribution < -0.4 is 5.32 Å². The van der Waals surface area contributed by atoms with Crippen LogP contribution in [0.1, 0.15) is 18.1 Å². The predicted molar refractivity (Wildman–Crippen MR) is 50.5 cm³/mol. The standard InChI is InChI=1S/C10H12FNO2/c11-6-1-2-8-7(5-6)10(14)9(13)3-4-12-8/h1-2,5,9-10,12-14H,3-4H2. The van der Waals surface area contributed by atoms with Crippen LogP contribution in [-0.2, 0) is 0 Å². The Balaban J connectivity index is 2.44. The van der Waals surface area contributed by atoms with E-state index in [0.717, 1.165) is 0 Å². The second kappa shape index (κ2) is 3.55. The molecule has 3 nitrogen and oxygen atoms in total. The summed E-state index contributed by atoms with van der Waals surface area (Å²) in [6, 6.07) is 4.16. The molecule has 1 aromatic carbocycles. The first-order valence-corrected chi connectivity index (χ1v) is 4.58. The van der Waals surface area contributed by atoms with Gasteiger partial charge in [0, 0.05) is 17.8 Å². The molecule has 0 aromatic heterocycles. The molecule has 0 radical (unpaired) electrons. The lowest BCUT2D eigenvalue weighted by Crippen LogP contribution is -2.17. The highest BCUT2D eigenvalue weighted by Crippen LogP contribution is 2.29. The Bertz CT molecular complexity index is 343. The molecule has 0 bridgehead atoms. The lowest BCUT2D eigenvalue weighted by Gasteiger charge is -2.15. The first-order chi connectivity index (χ1) is 6.68. The molecule has 1 heterocycles. The molecule has 2 atom stereocenters. The molecule has 1 aliphatic rings. The second-order valence-electron chi connectivity index (χ2n) is 3.46. The van der Waals surface area contributed by atoms with E-state index in [2.05, 4.69) is 5.32 Å². The van der Waals surface area contributed by atoms with E-state index in [0.29, 0.717) is 24.2 Å². The second-order valence-corrected chi connectivity index (χ2v) is 3.46. The van der Waals surface area contributed by atoms with Gasteiger partial charge in [-0.2, -0.15) is 0 Å². The highest BCUT2D eigenvalue weighted by atomic mass is 19.1. The molecule has 1 aliphatic heterocycles. The highest BCUT2D eigenvalue weighted by molar-refractivity contribution is 5.53. The molecular weight excluding hydrogens is 185 g/mol. The van der Waals surface area contributed by atoms with Crippen LogP contribution in [0.15, 0.2) is 18.2 Å². The van der Waals surface area contributed by atoms with Gasteiger partial charge in [0.2, 0.25) is 0 Å². The number of aliphatic hydroxyl groups excluding tert-OH is 2. The molecule has 0 saturated carbocycles. The van der Waals surface area contributed by atoms with Gasteiger partial charge in [0.25, 0.3) is 0 Å². The summed E-state index contributed by atoms with van der Waals surface area (Å²) in [5, 5.41) is 22.2. The van der Waals surface area contributed by atoms with Gasteiger partial charge in [0.1, 0.15) is 11.9 Å². The molecule has 0 saturated heterocycles. The average Bonchev–Trinajstić information content (AvgIpc) is 2.30. The molecule has 14 heavy (non-hydrogen) atoms. The van der Waals surface area contributed by atoms with Gasteiger partial charge in [-0.15, -0.1) is 0 Å². The average molecular weight is 197 g/mol. The van der Waals surface area contributed by atoms with Gasteiger partial charge in [-0.25, -0.2) is 4.39 Å². The minimum absolute atomic E-state index is 0.404. The molecule has 3 N–H and O–H groups in total. The molecule has 4 heteroatoms. The molecule has 0 aliphatic carbocycles. The van der Waals surface area contributed by atoms with Crippen molar-refractivity contribution in [2.45, 2.75) is 18.6 Å². The van der Waals surface area contributed by atoms with Crippen molar-refractivity contribution in [1.29, 1.82) is 0 Å². The number of hydrogen-bond acceptors (Lipinski definition) is 3. The molecule has 0 fully saturated rings. The third kappa shape index (κ3) is 1.58. The number of nitrogens with one attached hydrogen (secondary N) is 1. The van der Waals surface area contributed by atoms with E-state index in [1.54, 1.807) is 6.07 Å². The van der Waals surface area contributed by atoms with Gasteiger partial charge in [-0.3, -0.25) is 0 Å². The summed E-state index contributed by atoms with van der Waals surface area (Å²) >= 11 is 0. The molecule has 0 amide bonds. The van der Waals surface area contributed by atoms with E-state index in [1.807, 2.05) is 0 Å². The van der Waals surface area contributed by atoms with Gasteiger partial charge >= 0.3 is 0 Å². The topological polar surface area (TPSA) is 52.5 Å². The molecular formula is C10H12FNO2. The van der Waals surface area contributed by atoms with Crippen LogP contribution >= 0.6 is 0 Å². The smallest absolute Gasteiger partial charge is 0.123 e. The predicted octanol–water partition coefficient (Wildman–Crippen LogP) is 1.04. The Hall–Kier alpha value is -1.13. The SMILES string of the molecule is OC1CCNc2ccc(F)cc2C1O. The maximum absolute atomic E-state index is 12.9. The minimum Gasteiger partial charge on any atom is -0.390 e. The Kier molecular flexibility index (Phi) is 2.39. The zero-order chi connectivity index (χ0) is 10.1. The van der Waals surface area contributed by atoms with Crippen molar-refractivity contribution < 1.29 is 14.6 Å². The number of fused-ring (bicyclic) bond motifs is 1. The van der Waals surface area contributed by atoms with Crippen LogP contribution in [-0.4, -0.2) is 22.9 Å². The normalized spacial score (nSPS) is 26.2. The van der Waals surface area contributed by atoms with Crippen LogP contribution in [0.4, 0.5) is 10.1 Å². The highest BCUT2D eigenvalue weighted by Gasteiger charge is 2.24. The molecule has 0 spiro atoms. The van der Waals surface area contributed by atoms with Crippen molar-refractivity contribution in [3.05, 3.63) is 29.6 Å². The fourth-order valence-electron chi connectivity index (χ4n) is 1.66. The first-order valence-electron chi connectivity index (χ1n) is 4.58. The van der Waals surface area contributed by atoms with Crippen molar-refractivity contribution in [2.75, 3.05) is 11.9 Å². The number of aliphatic hydroxyl groups is 2. The summed E-state index contributed by atoms with van der Waals surface area (Å²) < 4.78 is 12.9. The zero-order valence-corrected chi connectivity index (χ0v) is 7.57. The number of benzene rings is 1. The van der Waals surface area contributed by atoms with Gasteiger partial charge in [-0.05, 0) is 24.6 Å². The maximum Gasteiger partial charge on any atom is 0.123 e. The quantitative estimate of drug-likeness (QED) is 0.582. The van der Waals surface area contributed by atoms with E-state index in [4.69, 9.17) is 0 Å². The van der Waals surface area contributed by atoms with Crippen LogP contribution in [0.5, 0.6) is 0 Å². The maximum atomic E-state index is 12.9. The van der Waals surface area contributed by atoms with E-state index >= 15 is 0 Å². The summed E-state index contributed by atoms with van der Waals surface area (Å²) in [5.74, 6) is -0.404. The van der Waals surface area contributed by atoms with Crippen LogP contribution in [0.3, 0.4) is 0 Å². The number of halogens is 1. The Morgan fingerprint density at radius 3 is 2.93 bits per heavy atom. The van der Waals surface area contributed by atoms with Crippen molar-refractivity contribution in [3.63, 3.8) is 0 Å². The first kappa shape index (κ1) is 9.43. The minimum atomic E-state index is -1.00. The Morgan fingerprint density at radius 1 is 1.36 bits per heavy atom. The van der Waals surface area contributed by atoms with E-state index < -0.39 is 18.0 Å². The van der Waals surface area contributed by atoms with Crippen molar-refractivity contribution in [2.24, 2.45) is 0 Å². The molecule has 2 unspecified atom stereocenters. The summed E-state index contributed by atoms with van der Waals surface area (Å²) in [4.78, 5) is 0. The van der Waals surface area contributed by atoms with Crippen molar-refractivity contribution >= 4 is 5.69 Å². The van der Waals surface area contributed by atoms with E-state index in [-0.39, 0.29) is 0 Å². The van der Waals surface area contributed by atoms with Crippen molar-refractivity contribution in [1.82, 2.24) is 0 Å². The summed E-state index contributed by atoms with van der Waals surface area (Å²) in [6.07, 6.45) is -1.38. The summed E-state index contributed by atoms with van der Waals surface area (Å²) in [7, 11) is 0. The number of rotatable bonds is 0. The summed E-state index contributed by atoms with van der Waals surface area (Å²) in [5.41, 5.74) is 1.12. The van der Waals surface area contributed by atoms with Crippen LogP contribution in [0.2, 0.25) is 0 Å².